The van der Waals surface area contributed by atoms with Crippen molar-refractivity contribution in [3.63, 3.8) is 0 Å². The van der Waals surface area contributed by atoms with E-state index in [2.05, 4.69) is 5.32 Å². The number of carbonyl (C=O) groups excluding carboxylic acids is 1. The van der Waals surface area contributed by atoms with Crippen LogP contribution in [0.25, 0.3) is 0 Å². The molecule has 1 aromatic rings. The minimum Gasteiger partial charge on any atom is -0.399 e. The van der Waals surface area contributed by atoms with Crippen molar-refractivity contribution in [2.45, 2.75) is 43.4 Å². The molecule has 0 saturated carbocycles. The standard InChI is InChI=1S/C13H20N2O3S/c1-4-9(2)15-13(16)10(3)19(17,18)12-7-5-11(14)6-8-12/h5-10H,4,14H2,1-3H3,(H,15,16). The van der Waals surface area contributed by atoms with E-state index in [0.29, 0.717) is 5.69 Å². The van der Waals surface area contributed by atoms with Gasteiger partial charge in [-0.3, -0.25) is 4.79 Å². The highest BCUT2D eigenvalue weighted by Gasteiger charge is 2.30. The van der Waals surface area contributed by atoms with Crippen molar-refractivity contribution in [3.8, 4) is 0 Å². The average Bonchev–Trinajstić information content (AvgIpc) is 2.38. The molecule has 0 bridgehead atoms. The number of hydrogen-bond acceptors (Lipinski definition) is 4. The van der Waals surface area contributed by atoms with Crippen molar-refractivity contribution >= 4 is 21.4 Å². The molecule has 3 N–H and O–H groups in total. The Bertz CT molecular complexity index is 538. The van der Waals surface area contributed by atoms with Crippen molar-refractivity contribution < 1.29 is 13.2 Å². The van der Waals surface area contributed by atoms with Gasteiger partial charge in [-0.2, -0.15) is 0 Å². The van der Waals surface area contributed by atoms with Crippen LogP contribution in [0.2, 0.25) is 0 Å². The third-order valence-corrected chi connectivity index (χ3v) is 5.12. The number of nitrogens with two attached hydrogens (primary N) is 1. The van der Waals surface area contributed by atoms with Crippen LogP contribution in [-0.2, 0) is 14.6 Å². The quantitative estimate of drug-likeness (QED) is 0.799. The summed E-state index contributed by atoms with van der Waals surface area (Å²) in [4.78, 5) is 12.0. The molecule has 2 atom stereocenters. The van der Waals surface area contributed by atoms with E-state index in [4.69, 9.17) is 5.73 Å². The SMILES string of the molecule is CCC(C)NC(=O)C(C)S(=O)(=O)c1ccc(N)cc1. The molecule has 0 saturated heterocycles. The van der Waals surface area contributed by atoms with Crippen LogP contribution in [0.3, 0.4) is 0 Å². The van der Waals surface area contributed by atoms with Crippen LogP contribution in [0.5, 0.6) is 0 Å². The topological polar surface area (TPSA) is 89.3 Å². The number of hydrogen-bond donors (Lipinski definition) is 2. The van der Waals surface area contributed by atoms with Crippen LogP contribution in [0.4, 0.5) is 5.69 Å². The third-order valence-electron chi connectivity index (χ3n) is 3.04. The van der Waals surface area contributed by atoms with Crippen molar-refractivity contribution in [3.05, 3.63) is 24.3 Å². The van der Waals surface area contributed by atoms with Crippen molar-refractivity contribution in [2.75, 3.05) is 5.73 Å². The zero-order chi connectivity index (χ0) is 14.6. The highest BCUT2D eigenvalue weighted by Crippen LogP contribution is 2.17. The Morgan fingerprint density at radius 2 is 1.79 bits per heavy atom. The minimum absolute atomic E-state index is 0.0448. The summed E-state index contributed by atoms with van der Waals surface area (Å²) in [5.41, 5.74) is 6.00. The van der Waals surface area contributed by atoms with Gasteiger partial charge in [-0.1, -0.05) is 6.92 Å². The second-order valence-electron chi connectivity index (χ2n) is 4.57. The van der Waals surface area contributed by atoms with E-state index in [9.17, 15) is 13.2 Å². The fraction of sp³-hybridized carbons (Fsp3) is 0.462. The van der Waals surface area contributed by atoms with E-state index in [1.165, 1.54) is 31.2 Å². The Hall–Kier alpha value is -1.56. The first-order valence-electron chi connectivity index (χ1n) is 6.18. The van der Waals surface area contributed by atoms with Crippen LogP contribution >= 0.6 is 0 Å². The fourth-order valence-electron chi connectivity index (χ4n) is 1.46. The maximum Gasteiger partial charge on any atom is 0.238 e. The summed E-state index contributed by atoms with van der Waals surface area (Å²) < 4.78 is 24.5. The Balaban J connectivity index is 2.94. The largest absolute Gasteiger partial charge is 0.399 e. The van der Waals surface area contributed by atoms with E-state index in [1.807, 2.05) is 13.8 Å². The highest BCUT2D eigenvalue weighted by atomic mass is 32.2. The van der Waals surface area contributed by atoms with Crippen molar-refractivity contribution in [1.82, 2.24) is 5.32 Å². The summed E-state index contributed by atoms with van der Waals surface area (Å²) in [7, 11) is -3.68. The van der Waals surface area contributed by atoms with Gasteiger partial charge in [-0.15, -0.1) is 0 Å². The second kappa shape index (κ2) is 6.06. The molecule has 1 rings (SSSR count). The third kappa shape index (κ3) is 3.70. The first-order chi connectivity index (χ1) is 8.78. The van der Waals surface area contributed by atoms with Gasteiger partial charge in [0, 0.05) is 11.7 Å². The molecule has 0 heterocycles. The average molecular weight is 284 g/mol. The molecule has 0 spiro atoms. The van der Waals surface area contributed by atoms with Gasteiger partial charge >= 0.3 is 0 Å². The Kier molecular flexibility index (Phi) is 4.94. The molecule has 1 aromatic carbocycles. The zero-order valence-electron chi connectivity index (χ0n) is 11.4. The van der Waals surface area contributed by atoms with E-state index in [1.54, 1.807) is 0 Å². The lowest BCUT2D eigenvalue weighted by molar-refractivity contribution is -0.121. The molecule has 0 aromatic heterocycles. The van der Waals surface area contributed by atoms with E-state index in [0.717, 1.165) is 6.42 Å². The molecule has 0 aliphatic heterocycles. The number of amides is 1. The van der Waals surface area contributed by atoms with Crippen LogP contribution in [0.1, 0.15) is 27.2 Å². The molecule has 19 heavy (non-hydrogen) atoms. The second-order valence-corrected chi connectivity index (χ2v) is 6.84. The maximum absolute atomic E-state index is 12.3. The molecule has 0 aliphatic rings. The normalized spacial score (nSPS) is 14.7. The predicted octanol–water partition coefficient (Wildman–Crippen LogP) is 1.35. The lowest BCUT2D eigenvalue weighted by Crippen LogP contribution is -2.42. The summed E-state index contributed by atoms with van der Waals surface area (Å²) in [6.45, 7) is 5.15. The number of rotatable bonds is 5. The molecule has 6 heteroatoms. The smallest absolute Gasteiger partial charge is 0.238 e. The molecule has 1 amide bonds. The Labute approximate surface area is 114 Å². The number of nitrogens with one attached hydrogen (secondary N) is 1. The van der Waals surface area contributed by atoms with E-state index < -0.39 is 21.0 Å². The summed E-state index contributed by atoms with van der Waals surface area (Å²) >= 11 is 0. The zero-order valence-corrected chi connectivity index (χ0v) is 12.2. The van der Waals surface area contributed by atoms with Crippen LogP contribution in [0, 0.1) is 0 Å². The number of sulfone groups is 1. The van der Waals surface area contributed by atoms with Crippen molar-refractivity contribution in [1.29, 1.82) is 0 Å². The molecule has 106 valence electrons. The van der Waals surface area contributed by atoms with Gasteiger partial charge in [0.1, 0.15) is 5.25 Å². The van der Waals surface area contributed by atoms with Gasteiger partial charge < -0.3 is 11.1 Å². The van der Waals surface area contributed by atoms with E-state index >= 15 is 0 Å². The van der Waals surface area contributed by atoms with Crippen LogP contribution < -0.4 is 11.1 Å². The molecule has 0 aliphatic carbocycles. The molecular formula is C13H20N2O3S. The lowest BCUT2D eigenvalue weighted by atomic mass is 10.2. The fourth-order valence-corrected chi connectivity index (χ4v) is 2.74. The molecular weight excluding hydrogens is 264 g/mol. The maximum atomic E-state index is 12.3. The Morgan fingerprint density at radius 1 is 1.26 bits per heavy atom. The number of benzene rings is 1. The first kappa shape index (κ1) is 15.5. The van der Waals surface area contributed by atoms with Gasteiger partial charge in [-0.05, 0) is 44.5 Å². The summed E-state index contributed by atoms with van der Waals surface area (Å²) in [6, 6.07) is 5.80. The molecule has 0 fully saturated rings. The predicted molar refractivity (Wildman–Crippen MR) is 75.4 cm³/mol. The Morgan fingerprint density at radius 3 is 2.26 bits per heavy atom. The molecule has 2 unspecified atom stereocenters. The highest BCUT2D eigenvalue weighted by molar-refractivity contribution is 7.92. The van der Waals surface area contributed by atoms with Gasteiger partial charge in [0.25, 0.3) is 0 Å². The van der Waals surface area contributed by atoms with Gasteiger partial charge in [0.2, 0.25) is 5.91 Å². The van der Waals surface area contributed by atoms with Crippen LogP contribution in [-0.4, -0.2) is 25.6 Å². The first-order valence-corrected chi connectivity index (χ1v) is 7.73. The summed E-state index contributed by atoms with van der Waals surface area (Å²) in [5, 5.41) is 1.55. The minimum atomic E-state index is -3.68. The molecule has 5 nitrogen and oxygen atoms in total. The number of carbonyl (C=O) groups is 1. The number of nitrogen functional groups attached to an aromatic ring is 1. The van der Waals surface area contributed by atoms with Gasteiger partial charge in [0.15, 0.2) is 9.84 Å². The van der Waals surface area contributed by atoms with E-state index in [-0.39, 0.29) is 10.9 Å². The molecule has 0 radical (unpaired) electrons. The van der Waals surface area contributed by atoms with Gasteiger partial charge in [-0.25, -0.2) is 8.42 Å². The monoisotopic (exact) mass is 284 g/mol. The number of anilines is 1. The lowest BCUT2D eigenvalue weighted by Gasteiger charge is -2.16. The summed E-state index contributed by atoms with van der Waals surface area (Å²) in [6.07, 6.45) is 0.750. The van der Waals surface area contributed by atoms with Gasteiger partial charge in [0.05, 0.1) is 4.90 Å². The van der Waals surface area contributed by atoms with Crippen molar-refractivity contribution in [2.24, 2.45) is 0 Å². The van der Waals surface area contributed by atoms with Crippen LogP contribution in [0.15, 0.2) is 29.2 Å². The summed E-state index contributed by atoms with van der Waals surface area (Å²) in [5.74, 6) is -0.480.